The fourth-order valence-electron chi connectivity index (χ4n) is 1.00. The Morgan fingerprint density at radius 3 is 2.59 bits per heavy atom. The molecule has 0 unspecified atom stereocenters. The van der Waals surface area contributed by atoms with Crippen LogP contribution in [0, 0.1) is 17.7 Å². The molecule has 0 heterocycles. The summed E-state index contributed by atoms with van der Waals surface area (Å²) in [7, 11) is 0. The molecule has 92 valence electrons. The number of alkyl halides is 4. The Bertz CT molecular complexity index is 445. The first-order valence-corrected chi connectivity index (χ1v) is 5.64. The highest BCUT2D eigenvalue weighted by molar-refractivity contribution is 9.09. The van der Waals surface area contributed by atoms with Gasteiger partial charge >= 0.3 is 6.36 Å². The van der Waals surface area contributed by atoms with Crippen LogP contribution in [0.2, 0.25) is 0 Å². The number of hydrogen-bond donors (Lipinski definition) is 0. The first-order valence-electron chi connectivity index (χ1n) is 4.52. The first-order chi connectivity index (χ1) is 7.92. The van der Waals surface area contributed by atoms with Crippen LogP contribution < -0.4 is 4.74 Å². The van der Waals surface area contributed by atoms with Gasteiger partial charge < -0.3 is 4.74 Å². The van der Waals surface area contributed by atoms with Crippen molar-refractivity contribution in [1.29, 1.82) is 0 Å². The maximum Gasteiger partial charge on any atom is 0.573 e. The minimum Gasteiger partial charge on any atom is -0.406 e. The highest BCUT2D eigenvalue weighted by Crippen LogP contribution is 2.24. The van der Waals surface area contributed by atoms with Crippen molar-refractivity contribution in [3.63, 3.8) is 0 Å². The van der Waals surface area contributed by atoms with E-state index in [1.807, 2.05) is 0 Å². The van der Waals surface area contributed by atoms with Crippen molar-refractivity contribution in [3.8, 4) is 17.6 Å². The number of halogens is 5. The summed E-state index contributed by atoms with van der Waals surface area (Å²) in [5, 5.41) is 0.611. The Kier molecular flexibility index (Phi) is 4.82. The van der Waals surface area contributed by atoms with E-state index in [0.29, 0.717) is 11.8 Å². The highest BCUT2D eigenvalue weighted by atomic mass is 79.9. The van der Waals surface area contributed by atoms with Crippen LogP contribution in [-0.4, -0.2) is 11.7 Å². The summed E-state index contributed by atoms with van der Waals surface area (Å²) in [5.41, 5.74) is -0.118. The van der Waals surface area contributed by atoms with Crippen molar-refractivity contribution in [1.82, 2.24) is 0 Å². The molecule has 6 heteroatoms. The summed E-state index contributed by atoms with van der Waals surface area (Å²) in [5.74, 6) is 3.88. The highest BCUT2D eigenvalue weighted by Gasteiger charge is 2.31. The van der Waals surface area contributed by atoms with Crippen LogP contribution in [0.4, 0.5) is 17.6 Å². The van der Waals surface area contributed by atoms with Crippen LogP contribution in [0.15, 0.2) is 18.2 Å². The van der Waals surface area contributed by atoms with E-state index < -0.39 is 17.9 Å². The molecule has 0 radical (unpaired) electrons. The second-order valence-electron chi connectivity index (χ2n) is 2.93. The second-order valence-corrected chi connectivity index (χ2v) is 3.72. The molecule has 1 aromatic rings. The topological polar surface area (TPSA) is 9.23 Å². The van der Waals surface area contributed by atoms with E-state index in [1.54, 1.807) is 0 Å². The molecule has 17 heavy (non-hydrogen) atoms. The monoisotopic (exact) mass is 310 g/mol. The van der Waals surface area contributed by atoms with E-state index in [4.69, 9.17) is 0 Å². The van der Waals surface area contributed by atoms with E-state index in [0.717, 1.165) is 18.2 Å². The molecule has 0 atom stereocenters. The molecular formula is C11H7BrF4O. The van der Waals surface area contributed by atoms with Crippen LogP contribution in [-0.2, 0) is 0 Å². The van der Waals surface area contributed by atoms with E-state index in [-0.39, 0.29) is 5.56 Å². The Morgan fingerprint density at radius 1 is 1.29 bits per heavy atom. The Balaban J connectivity index is 2.92. The Hall–Kier alpha value is -1.22. The quantitative estimate of drug-likeness (QED) is 0.458. The normalized spacial score (nSPS) is 10.6. The van der Waals surface area contributed by atoms with Gasteiger partial charge in [-0.2, -0.15) is 0 Å². The lowest BCUT2D eigenvalue weighted by atomic mass is 10.2. The molecule has 0 fully saturated rings. The van der Waals surface area contributed by atoms with Gasteiger partial charge in [-0.1, -0.05) is 27.8 Å². The minimum absolute atomic E-state index is 0.118. The lowest BCUT2D eigenvalue weighted by Gasteiger charge is -2.08. The molecule has 0 aromatic heterocycles. The van der Waals surface area contributed by atoms with Gasteiger partial charge in [-0.05, 0) is 18.2 Å². The van der Waals surface area contributed by atoms with Gasteiger partial charge in [0.2, 0.25) is 0 Å². The zero-order chi connectivity index (χ0) is 12.9. The van der Waals surface area contributed by atoms with E-state index in [9.17, 15) is 17.6 Å². The maximum atomic E-state index is 13.2. The van der Waals surface area contributed by atoms with Crippen LogP contribution in [0.1, 0.15) is 12.0 Å². The third-order valence-electron chi connectivity index (χ3n) is 1.61. The zero-order valence-electron chi connectivity index (χ0n) is 8.44. The maximum absolute atomic E-state index is 13.2. The fourth-order valence-corrected chi connectivity index (χ4v) is 1.20. The van der Waals surface area contributed by atoms with E-state index in [1.165, 1.54) is 0 Å². The summed E-state index contributed by atoms with van der Waals surface area (Å²) in [4.78, 5) is 0. The molecule has 0 aliphatic carbocycles. The van der Waals surface area contributed by atoms with Crippen LogP contribution >= 0.6 is 15.9 Å². The van der Waals surface area contributed by atoms with Crippen molar-refractivity contribution < 1.29 is 22.3 Å². The molecule has 0 saturated heterocycles. The van der Waals surface area contributed by atoms with Crippen LogP contribution in [0.3, 0.4) is 0 Å². The van der Waals surface area contributed by atoms with Gasteiger partial charge in [0, 0.05) is 11.8 Å². The predicted octanol–water partition coefficient (Wildman–Crippen LogP) is 3.86. The molecule has 1 rings (SSSR count). The summed E-state index contributed by atoms with van der Waals surface area (Å²) in [6.45, 7) is 0. The number of hydrogen-bond acceptors (Lipinski definition) is 1. The second kappa shape index (κ2) is 5.92. The summed E-state index contributed by atoms with van der Waals surface area (Å²) >= 11 is 3.13. The van der Waals surface area contributed by atoms with Crippen molar-refractivity contribution in [2.24, 2.45) is 0 Å². The van der Waals surface area contributed by atoms with Crippen molar-refractivity contribution >= 4 is 15.9 Å². The average molecular weight is 311 g/mol. The average Bonchev–Trinajstić information content (AvgIpc) is 2.21. The van der Waals surface area contributed by atoms with Crippen LogP contribution in [0.25, 0.3) is 0 Å². The molecule has 0 N–H and O–H groups in total. The van der Waals surface area contributed by atoms with Crippen LogP contribution in [0.5, 0.6) is 5.75 Å². The standard InChI is InChI=1S/C11H7BrF4O/c12-6-2-1-3-8-7-9(4-5-10(8)13)17-11(14,15)16/h4-5,7H,2,6H2. The summed E-state index contributed by atoms with van der Waals surface area (Å²) in [6.07, 6.45) is -4.32. The SMILES string of the molecule is Fc1ccc(OC(F)(F)F)cc1C#CCCBr. The van der Waals surface area contributed by atoms with Gasteiger partial charge in [-0.25, -0.2) is 4.39 Å². The number of benzene rings is 1. The Morgan fingerprint density at radius 2 is 2.00 bits per heavy atom. The van der Waals surface area contributed by atoms with Gasteiger partial charge in [0.15, 0.2) is 0 Å². The molecule has 0 aliphatic rings. The lowest BCUT2D eigenvalue weighted by Crippen LogP contribution is -2.17. The predicted molar refractivity (Wildman–Crippen MR) is 58.4 cm³/mol. The molecule has 0 aliphatic heterocycles. The largest absolute Gasteiger partial charge is 0.573 e. The van der Waals surface area contributed by atoms with Gasteiger partial charge in [0.1, 0.15) is 11.6 Å². The summed E-state index contributed by atoms with van der Waals surface area (Å²) < 4.78 is 52.6. The van der Waals surface area contributed by atoms with E-state index in [2.05, 4.69) is 32.5 Å². The molecule has 0 amide bonds. The van der Waals surface area contributed by atoms with E-state index >= 15 is 0 Å². The molecule has 1 nitrogen and oxygen atoms in total. The van der Waals surface area contributed by atoms with Gasteiger partial charge in [0.25, 0.3) is 0 Å². The molecular weight excluding hydrogens is 304 g/mol. The fraction of sp³-hybridized carbons (Fsp3) is 0.273. The van der Waals surface area contributed by atoms with Gasteiger partial charge in [-0.3, -0.25) is 0 Å². The van der Waals surface area contributed by atoms with Crippen molar-refractivity contribution in [3.05, 3.63) is 29.6 Å². The molecule has 1 aromatic carbocycles. The van der Waals surface area contributed by atoms with Gasteiger partial charge in [-0.15, -0.1) is 13.2 Å². The molecule has 0 bridgehead atoms. The Labute approximate surface area is 104 Å². The molecule has 0 spiro atoms. The third-order valence-corrected chi connectivity index (χ3v) is 2.01. The van der Waals surface area contributed by atoms with Crippen molar-refractivity contribution in [2.75, 3.05) is 5.33 Å². The first kappa shape index (κ1) is 13.8. The minimum atomic E-state index is -4.79. The third kappa shape index (κ3) is 5.09. The number of rotatable bonds is 2. The lowest BCUT2D eigenvalue weighted by molar-refractivity contribution is -0.274. The van der Waals surface area contributed by atoms with Gasteiger partial charge in [0.05, 0.1) is 5.56 Å². The summed E-state index contributed by atoms with van der Waals surface area (Å²) in [6, 6.07) is 2.71. The molecule has 0 saturated carbocycles. The number of ether oxygens (including phenoxy) is 1. The van der Waals surface area contributed by atoms with Crippen molar-refractivity contribution in [2.45, 2.75) is 12.8 Å². The smallest absolute Gasteiger partial charge is 0.406 e. The zero-order valence-corrected chi connectivity index (χ0v) is 10.0.